The molecular weight excluding hydrogens is 246 g/mol. The van der Waals surface area contributed by atoms with Gasteiger partial charge in [-0.05, 0) is 25.3 Å². The highest BCUT2D eigenvalue weighted by Gasteiger charge is 2.14. The van der Waals surface area contributed by atoms with Gasteiger partial charge in [-0.3, -0.25) is 9.89 Å². The van der Waals surface area contributed by atoms with E-state index < -0.39 is 0 Å². The molecule has 94 valence electrons. The molecule has 0 saturated carbocycles. The third-order valence-corrected chi connectivity index (χ3v) is 3.51. The third kappa shape index (κ3) is 2.73. The lowest BCUT2D eigenvalue weighted by molar-refractivity contribution is 0.0937. The number of aromatic nitrogens is 2. The van der Waals surface area contributed by atoms with Crippen LogP contribution in [0.2, 0.25) is 0 Å². The molecule has 0 radical (unpaired) electrons. The molecule has 1 aromatic heterocycles. The van der Waals surface area contributed by atoms with Crippen LogP contribution in [0.25, 0.3) is 0 Å². The van der Waals surface area contributed by atoms with Crippen molar-refractivity contribution in [1.82, 2.24) is 15.5 Å². The van der Waals surface area contributed by atoms with Gasteiger partial charge in [-0.25, -0.2) is 0 Å². The third-order valence-electron chi connectivity index (χ3n) is 2.72. The molecule has 2 N–H and O–H groups in total. The predicted molar refractivity (Wildman–Crippen MR) is 72.7 cm³/mol. The Morgan fingerprint density at radius 1 is 1.44 bits per heavy atom. The van der Waals surface area contributed by atoms with Gasteiger partial charge in [0.15, 0.2) is 0 Å². The second-order valence-corrected chi connectivity index (χ2v) is 4.78. The Labute approximate surface area is 110 Å². The van der Waals surface area contributed by atoms with Crippen molar-refractivity contribution in [3.05, 3.63) is 47.8 Å². The molecule has 0 aliphatic carbocycles. The summed E-state index contributed by atoms with van der Waals surface area (Å²) in [5.41, 5.74) is 1.67. The normalized spacial score (nSPS) is 12.1. The van der Waals surface area contributed by atoms with E-state index in [4.69, 9.17) is 0 Å². The molecule has 0 bridgehead atoms. The predicted octanol–water partition coefficient (Wildman–Crippen LogP) is 2.62. The number of carbonyl (C=O) groups is 1. The van der Waals surface area contributed by atoms with Crippen LogP contribution in [0, 0.1) is 0 Å². The fourth-order valence-corrected chi connectivity index (χ4v) is 2.28. The lowest BCUT2D eigenvalue weighted by Gasteiger charge is -2.13. The minimum atomic E-state index is -0.0637. The van der Waals surface area contributed by atoms with Crippen molar-refractivity contribution in [3.8, 4) is 0 Å². The van der Waals surface area contributed by atoms with E-state index in [1.54, 1.807) is 24.2 Å². The van der Waals surface area contributed by atoms with Crippen molar-refractivity contribution in [3.63, 3.8) is 0 Å². The van der Waals surface area contributed by atoms with Crippen molar-refractivity contribution < 1.29 is 4.79 Å². The van der Waals surface area contributed by atoms with E-state index in [0.717, 1.165) is 10.5 Å². The van der Waals surface area contributed by atoms with Crippen LogP contribution in [-0.2, 0) is 0 Å². The van der Waals surface area contributed by atoms with Gasteiger partial charge >= 0.3 is 0 Å². The molecular formula is C13H15N3OS. The van der Waals surface area contributed by atoms with Crippen LogP contribution in [0.5, 0.6) is 0 Å². The Balaban J connectivity index is 2.12. The van der Waals surface area contributed by atoms with E-state index in [9.17, 15) is 4.79 Å². The number of H-pyrrole nitrogens is 1. The van der Waals surface area contributed by atoms with E-state index >= 15 is 0 Å². The smallest absolute Gasteiger partial charge is 0.252 e. The van der Waals surface area contributed by atoms with Crippen LogP contribution < -0.4 is 5.32 Å². The van der Waals surface area contributed by atoms with Gasteiger partial charge in [-0.1, -0.05) is 12.1 Å². The van der Waals surface area contributed by atoms with Gasteiger partial charge < -0.3 is 5.32 Å². The van der Waals surface area contributed by atoms with Crippen LogP contribution >= 0.6 is 11.8 Å². The molecule has 1 aromatic carbocycles. The molecule has 0 spiro atoms. The Bertz CT molecular complexity index is 525. The van der Waals surface area contributed by atoms with Crippen molar-refractivity contribution in [2.75, 3.05) is 6.26 Å². The molecule has 0 aliphatic heterocycles. The van der Waals surface area contributed by atoms with Crippen molar-refractivity contribution in [1.29, 1.82) is 0 Å². The van der Waals surface area contributed by atoms with Crippen molar-refractivity contribution in [2.24, 2.45) is 0 Å². The zero-order chi connectivity index (χ0) is 13.0. The summed E-state index contributed by atoms with van der Waals surface area (Å²) in [4.78, 5) is 13.2. The maximum atomic E-state index is 12.2. The van der Waals surface area contributed by atoms with Gasteiger partial charge in [0, 0.05) is 16.7 Å². The number of aromatic amines is 1. The van der Waals surface area contributed by atoms with E-state index in [2.05, 4.69) is 15.5 Å². The van der Waals surface area contributed by atoms with E-state index in [-0.39, 0.29) is 11.9 Å². The van der Waals surface area contributed by atoms with Gasteiger partial charge in [-0.2, -0.15) is 5.10 Å². The van der Waals surface area contributed by atoms with E-state index in [1.807, 2.05) is 37.4 Å². The van der Waals surface area contributed by atoms with Crippen LogP contribution in [0.15, 0.2) is 41.6 Å². The minimum Gasteiger partial charge on any atom is -0.345 e. The number of nitrogens with zero attached hydrogens (tertiary/aromatic N) is 1. The summed E-state index contributed by atoms with van der Waals surface area (Å²) in [6, 6.07) is 7.52. The topological polar surface area (TPSA) is 57.8 Å². The molecule has 4 nitrogen and oxygen atoms in total. The zero-order valence-corrected chi connectivity index (χ0v) is 11.1. The monoisotopic (exact) mass is 261 g/mol. The fraction of sp³-hybridized carbons (Fsp3) is 0.231. The number of amides is 1. The molecule has 1 unspecified atom stereocenters. The zero-order valence-electron chi connectivity index (χ0n) is 10.3. The number of nitrogens with one attached hydrogen (secondary N) is 2. The summed E-state index contributed by atoms with van der Waals surface area (Å²) < 4.78 is 0. The highest BCUT2D eigenvalue weighted by molar-refractivity contribution is 7.98. The van der Waals surface area contributed by atoms with Crippen molar-refractivity contribution in [2.45, 2.75) is 17.9 Å². The first-order valence-electron chi connectivity index (χ1n) is 5.65. The van der Waals surface area contributed by atoms with Gasteiger partial charge in [0.25, 0.3) is 5.91 Å². The molecule has 1 heterocycles. The summed E-state index contributed by atoms with van der Waals surface area (Å²) >= 11 is 1.57. The maximum Gasteiger partial charge on any atom is 0.252 e. The second kappa shape index (κ2) is 5.73. The van der Waals surface area contributed by atoms with Gasteiger partial charge in [0.2, 0.25) is 0 Å². The molecule has 5 heteroatoms. The van der Waals surface area contributed by atoms with E-state index in [1.165, 1.54) is 0 Å². The van der Waals surface area contributed by atoms with Crippen LogP contribution in [0.1, 0.15) is 28.9 Å². The maximum absolute atomic E-state index is 12.2. The molecule has 0 saturated heterocycles. The summed E-state index contributed by atoms with van der Waals surface area (Å²) in [6.07, 6.45) is 5.46. The number of rotatable bonds is 4. The second-order valence-electron chi connectivity index (χ2n) is 3.93. The fourth-order valence-electron chi connectivity index (χ4n) is 1.69. The highest BCUT2D eigenvalue weighted by atomic mass is 32.2. The van der Waals surface area contributed by atoms with Gasteiger partial charge in [-0.15, -0.1) is 11.8 Å². The minimum absolute atomic E-state index is 0.0614. The summed E-state index contributed by atoms with van der Waals surface area (Å²) in [7, 11) is 0. The molecule has 1 atom stereocenters. The first-order valence-corrected chi connectivity index (χ1v) is 6.87. The molecule has 1 amide bonds. The first kappa shape index (κ1) is 12.7. The molecule has 2 aromatic rings. The van der Waals surface area contributed by atoms with Crippen LogP contribution in [-0.4, -0.2) is 22.4 Å². The Morgan fingerprint density at radius 3 is 2.89 bits per heavy atom. The van der Waals surface area contributed by atoms with Gasteiger partial charge in [0.05, 0.1) is 17.8 Å². The van der Waals surface area contributed by atoms with Crippen LogP contribution in [0.4, 0.5) is 0 Å². The molecule has 2 rings (SSSR count). The van der Waals surface area contributed by atoms with Gasteiger partial charge in [0.1, 0.15) is 0 Å². The molecule has 18 heavy (non-hydrogen) atoms. The largest absolute Gasteiger partial charge is 0.345 e. The average Bonchev–Trinajstić information content (AvgIpc) is 2.92. The van der Waals surface area contributed by atoms with Crippen LogP contribution in [0.3, 0.4) is 0 Å². The number of thioether (sulfide) groups is 1. The number of hydrogen-bond donors (Lipinski definition) is 2. The molecule has 0 fully saturated rings. The average molecular weight is 261 g/mol. The summed E-state index contributed by atoms with van der Waals surface area (Å²) in [6.45, 7) is 1.93. The lowest BCUT2D eigenvalue weighted by atomic mass is 10.1. The number of benzene rings is 1. The Hall–Kier alpha value is -1.75. The Morgan fingerprint density at radius 2 is 2.22 bits per heavy atom. The van der Waals surface area contributed by atoms with E-state index in [0.29, 0.717) is 5.56 Å². The number of hydrogen-bond acceptors (Lipinski definition) is 3. The summed E-state index contributed by atoms with van der Waals surface area (Å²) in [5.74, 6) is -0.0614. The number of carbonyl (C=O) groups excluding carboxylic acids is 1. The quantitative estimate of drug-likeness (QED) is 0.832. The standard InChI is InChI=1S/C13H15N3OS/c1-9(10-7-14-15-8-10)16-13(17)11-5-3-4-6-12(11)18-2/h3-9H,1-2H3,(H,14,15)(H,16,17). The highest BCUT2D eigenvalue weighted by Crippen LogP contribution is 2.20. The SMILES string of the molecule is CSc1ccccc1C(=O)NC(C)c1cn[nH]c1. The first-order chi connectivity index (χ1) is 8.72. The van der Waals surface area contributed by atoms with Crippen molar-refractivity contribution >= 4 is 17.7 Å². The molecule has 0 aliphatic rings. The Kier molecular flexibility index (Phi) is 4.04. The summed E-state index contributed by atoms with van der Waals surface area (Å²) in [5, 5.41) is 9.58. The lowest BCUT2D eigenvalue weighted by Crippen LogP contribution is -2.26.